The van der Waals surface area contributed by atoms with E-state index in [1.807, 2.05) is 13.8 Å². The third kappa shape index (κ3) is 8.01. The topological polar surface area (TPSA) is 58.4 Å². The number of carbonyl (C=O) groups excluding carboxylic acids is 1. The van der Waals surface area contributed by atoms with Crippen LogP contribution in [-0.4, -0.2) is 43.5 Å². The van der Waals surface area contributed by atoms with Crippen LogP contribution in [-0.2, 0) is 4.79 Å². The molecule has 0 radical (unpaired) electrons. The van der Waals surface area contributed by atoms with Crippen LogP contribution >= 0.6 is 0 Å². The van der Waals surface area contributed by atoms with E-state index in [1.165, 1.54) is 0 Å². The molecule has 0 fully saturated rings. The lowest BCUT2D eigenvalue weighted by atomic mass is 10.0. The number of nitrogens with two attached hydrogens (primary N) is 1. The van der Waals surface area contributed by atoms with Crippen LogP contribution < -0.4 is 11.1 Å². The summed E-state index contributed by atoms with van der Waals surface area (Å²) in [4.78, 5) is 12.8. The van der Waals surface area contributed by atoms with E-state index in [2.05, 4.69) is 5.32 Å². The monoisotopic (exact) mass is 201 g/mol. The van der Waals surface area contributed by atoms with Crippen LogP contribution in [0.15, 0.2) is 0 Å². The van der Waals surface area contributed by atoms with Gasteiger partial charge >= 0.3 is 0 Å². The average Bonchev–Trinajstić information content (AvgIpc) is 2.01. The van der Waals surface area contributed by atoms with Gasteiger partial charge in [0.15, 0.2) is 0 Å². The lowest BCUT2D eigenvalue weighted by Gasteiger charge is -2.18. The lowest BCUT2D eigenvalue weighted by molar-refractivity contribution is -0.128. The molecular weight excluding hydrogens is 178 g/mol. The van der Waals surface area contributed by atoms with Crippen molar-refractivity contribution in [3.8, 4) is 0 Å². The van der Waals surface area contributed by atoms with Gasteiger partial charge in [-0.25, -0.2) is 0 Å². The molecule has 0 saturated carbocycles. The predicted molar refractivity (Wildman–Crippen MR) is 59.1 cm³/mol. The van der Waals surface area contributed by atoms with E-state index in [0.29, 0.717) is 6.42 Å². The fourth-order valence-corrected chi connectivity index (χ4v) is 0.954. The highest BCUT2D eigenvalue weighted by molar-refractivity contribution is 5.75. The van der Waals surface area contributed by atoms with Crippen LogP contribution in [0.2, 0.25) is 0 Å². The Morgan fingerprint density at radius 3 is 2.36 bits per heavy atom. The second kappa shape index (κ2) is 5.98. The van der Waals surface area contributed by atoms with Crippen molar-refractivity contribution >= 4 is 5.91 Å². The molecule has 0 rings (SSSR count). The van der Waals surface area contributed by atoms with Crippen molar-refractivity contribution in [3.63, 3.8) is 0 Å². The SMILES string of the molecule is CN(C)C(=O)CCNCCC(C)(C)N. The molecule has 0 aliphatic heterocycles. The zero-order valence-electron chi connectivity index (χ0n) is 9.76. The molecule has 0 bridgehead atoms. The zero-order chi connectivity index (χ0) is 11.2. The van der Waals surface area contributed by atoms with Crippen LogP contribution in [0, 0.1) is 0 Å². The van der Waals surface area contributed by atoms with Gasteiger partial charge in [0.05, 0.1) is 0 Å². The molecule has 0 aromatic carbocycles. The van der Waals surface area contributed by atoms with Gasteiger partial charge in [-0.3, -0.25) is 4.79 Å². The minimum atomic E-state index is -0.126. The minimum absolute atomic E-state index is 0.126. The number of carbonyl (C=O) groups is 1. The van der Waals surface area contributed by atoms with E-state index in [0.717, 1.165) is 19.5 Å². The second-order valence-corrected chi connectivity index (χ2v) is 4.53. The minimum Gasteiger partial charge on any atom is -0.349 e. The van der Waals surface area contributed by atoms with Gasteiger partial charge in [0.2, 0.25) is 5.91 Å². The first kappa shape index (κ1) is 13.4. The summed E-state index contributed by atoms with van der Waals surface area (Å²) in [5.41, 5.74) is 5.68. The Bertz CT molecular complexity index is 173. The van der Waals surface area contributed by atoms with Crippen molar-refractivity contribution in [2.75, 3.05) is 27.2 Å². The Kier molecular flexibility index (Phi) is 5.72. The second-order valence-electron chi connectivity index (χ2n) is 4.53. The highest BCUT2D eigenvalue weighted by Crippen LogP contribution is 2.00. The van der Waals surface area contributed by atoms with E-state index in [-0.39, 0.29) is 11.4 Å². The first-order chi connectivity index (χ1) is 6.33. The highest BCUT2D eigenvalue weighted by atomic mass is 16.2. The van der Waals surface area contributed by atoms with Crippen molar-refractivity contribution in [2.24, 2.45) is 5.73 Å². The van der Waals surface area contributed by atoms with Crippen LogP contribution in [0.4, 0.5) is 0 Å². The Hall–Kier alpha value is -0.610. The van der Waals surface area contributed by atoms with Gasteiger partial charge in [0.1, 0.15) is 0 Å². The molecule has 0 aliphatic carbocycles. The van der Waals surface area contributed by atoms with Crippen LogP contribution in [0.1, 0.15) is 26.7 Å². The molecule has 0 aromatic rings. The third-order valence-corrected chi connectivity index (χ3v) is 1.96. The molecule has 0 aliphatic rings. The molecule has 0 spiro atoms. The Balaban J connectivity index is 3.35. The first-order valence-electron chi connectivity index (χ1n) is 5.03. The number of nitrogens with zero attached hydrogens (tertiary/aromatic N) is 1. The summed E-state index contributed by atoms with van der Waals surface area (Å²) in [5, 5.41) is 3.20. The number of hydrogen-bond donors (Lipinski definition) is 2. The fraction of sp³-hybridized carbons (Fsp3) is 0.900. The Morgan fingerprint density at radius 1 is 1.36 bits per heavy atom. The number of rotatable bonds is 6. The maximum absolute atomic E-state index is 11.2. The normalized spacial score (nSPS) is 11.5. The third-order valence-electron chi connectivity index (χ3n) is 1.96. The molecule has 0 heterocycles. The van der Waals surface area contributed by atoms with Gasteiger partial charge in [0.25, 0.3) is 0 Å². The quantitative estimate of drug-likeness (QED) is 0.603. The van der Waals surface area contributed by atoms with E-state index in [4.69, 9.17) is 5.73 Å². The molecule has 0 atom stereocenters. The number of amides is 1. The maximum atomic E-state index is 11.2. The van der Waals surface area contributed by atoms with Crippen molar-refractivity contribution in [1.29, 1.82) is 0 Å². The van der Waals surface area contributed by atoms with Gasteiger partial charge in [-0.15, -0.1) is 0 Å². The molecule has 14 heavy (non-hydrogen) atoms. The molecule has 4 heteroatoms. The van der Waals surface area contributed by atoms with Gasteiger partial charge in [-0.05, 0) is 26.8 Å². The van der Waals surface area contributed by atoms with Crippen molar-refractivity contribution < 1.29 is 4.79 Å². The van der Waals surface area contributed by atoms with Gasteiger partial charge in [-0.2, -0.15) is 0 Å². The predicted octanol–water partition coefficient (Wildman–Crippen LogP) is 0.182. The average molecular weight is 201 g/mol. The van der Waals surface area contributed by atoms with Gasteiger partial charge < -0.3 is 16.0 Å². The number of nitrogens with one attached hydrogen (secondary N) is 1. The zero-order valence-corrected chi connectivity index (χ0v) is 9.76. The maximum Gasteiger partial charge on any atom is 0.223 e. The van der Waals surface area contributed by atoms with Crippen molar-refractivity contribution in [2.45, 2.75) is 32.2 Å². The van der Waals surface area contributed by atoms with Crippen molar-refractivity contribution in [1.82, 2.24) is 10.2 Å². The summed E-state index contributed by atoms with van der Waals surface area (Å²) in [6.45, 7) is 5.59. The molecule has 0 unspecified atom stereocenters. The lowest BCUT2D eigenvalue weighted by Crippen LogP contribution is -2.36. The molecular formula is C10H23N3O. The van der Waals surface area contributed by atoms with Crippen LogP contribution in [0.5, 0.6) is 0 Å². The summed E-state index contributed by atoms with van der Waals surface area (Å²) in [6.07, 6.45) is 1.47. The fourth-order valence-electron chi connectivity index (χ4n) is 0.954. The molecule has 3 N–H and O–H groups in total. The molecule has 0 saturated heterocycles. The summed E-state index contributed by atoms with van der Waals surface area (Å²) in [5.74, 6) is 0.157. The van der Waals surface area contributed by atoms with Crippen LogP contribution in [0.25, 0.3) is 0 Å². The standard InChI is InChI=1S/C10H23N3O/c1-10(2,11)6-8-12-7-5-9(14)13(3)4/h12H,5-8,11H2,1-4H3. The highest BCUT2D eigenvalue weighted by Gasteiger charge is 2.09. The Labute approximate surface area is 86.8 Å². The van der Waals surface area contributed by atoms with Gasteiger partial charge in [0, 0.05) is 32.6 Å². The molecule has 4 nitrogen and oxygen atoms in total. The van der Waals surface area contributed by atoms with E-state index in [9.17, 15) is 4.79 Å². The molecule has 0 aromatic heterocycles. The van der Waals surface area contributed by atoms with Crippen LogP contribution in [0.3, 0.4) is 0 Å². The molecule has 84 valence electrons. The smallest absolute Gasteiger partial charge is 0.223 e. The number of hydrogen-bond acceptors (Lipinski definition) is 3. The van der Waals surface area contributed by atoms with E-state index in [1.54, 1.807) is 19.0 Å². The van der Waals surface area contributed by atoms with Gasteiger partial charge in [-0.1, -0.05) is 0 Å². The summed E-state index contributed by atoms with van der Waals surface area (Å²) in [6, 6.07) is 0. The first-order valence-corrected chi connectivity index (χ1v) is 5.03. The summed E-state index contributed by atoms with van der Waals surface area (Å²) in [7, 11) is 3.54. The van der Waals surface area contributed by atoms with E-state index >= 15 is 0 Å². The summed E-state index contributed by atoms with van der Waals surface area (Å²) >= 11 is 0. The van der Waals surface area contributed by atoms with E-state index < -0.39 is 0 Å². The van der Waals surface area contributed by atoms with Crippen molar-refractivity contribution in [3.05, 3.63) is 0 Å². The summed E-state index contributed by atoms with van der Waals surface area (Å²) < 4.78 is 0. The molecule has 1 amide bonds. The Morgan fingerprint density at radius 2 is 1.93 bits per heavy atom. The largest absolute Gasteiger partial charge is 0.349 e.